The molecule has 1 aromatic carbocycles. The number of aliphatic hydroxyl groups excluding tert-OH is 1. The van der Waals surface area contributed by atoms with Crippen LogP contribution in [0.1, 0.15) is 18.1 Å². The molecule has 1 aromatic rings. The van der Waals surface area contributed by atoms with Crippen LogP contribution in [0.3, 0.4) is 0 Å². The molecule has 1 fully saturated rings. The highest BCUT2D eigenvalue weighted by atomic mass is 35.5. The Bertz CT molecular complexity index is 926. The number of amides is 1. The van der Waals surface area contributed by atoms with Gasteiger partial charge in [-0.1, -0.05) is 12.2 Å². The predicted molar refractivity (Wildman–Crippen MR) is 105 cm³/mol. The summed E-state index contributed by atoms with van der Waals surface area (Å²) < 4.78 is 10.5. The smallest absolute Gasteiger partial charge is 0.326 e. The third-order valence-corrected chi connectivity index (χ3v) is 6.20. The number of allylic oxidation sites excluding steroid dienone is 4. The number of hydrogen-bond donors (Lipinski definition) is 2. The van der Waals surface area contributed by atoms with E-state index in [0.29, 0.717) is 24.5 Å². The van der Waals surface area contributed by atoms with E-state index >= 15 is 0 Å². The minimum absolute atomic E-state index is 0.149. The van der Waals surface area contributed by atoms with Crippen LogP contribution in [0.15, 0.2) is 36.1 Å². The first kappa shape index (κ1) is 19.8. The molecule has 0 spiro atoms. The zero-order valence-corrected chi connectivity index (χ0v) is 16.7. The van der Waals surface area contributed by atoms with Crippen LogP contribution in [0.5, 0.6) is 11.5 Å². The number of aromatic hydroxyl groups is 1. The number of halogens is 1. The summed E-state index contributed by atoms with van der Waals surface area (Å²) in [6.07, 6.45) is 5.81. The summed E-state index contributed by atoms with van der Waals surface area (Å²) in [6, 6.07) is 3.18. The number of carbonyl (C=O) groups is 2. The van der Waals surface area contributed by atoms with Gasteiger partial charge in [0.15, 0.2) is 0 Å². The minimum atomic E-state index is -1.52. The van der Waals surface area contributed by atoms with Gasteiger partial charge in [-0.15, -0.1) is 11.6 Å². The molecular formula is C21H22ClNO6. The highest BCUT2D eigenvalue weighted by molar-refractivity contribution is 6.23. The van der Waals surface area contributed by atoms with Gasteiger partial charge in [0, 0.05) is 29.7 Å². The molecule has 3 aliphatic rings. The molecule has 29 heavy (non-hydrogen) atoms. The van der Waals surface area contributed by atoms with E-state index in [1.54, 1.807) is 31.2 Å². The Morgan fingerprint density at radius 1 is 1.45 bits per heavy atom. The summed E-state index contributed by atoms with van der Waals surface area (Å²) in [5.74, 6) is -1.28. The first-order valence-electron chi connectivity index (χ1n) is 9.54. The zero-order valence-electron chi connectivity index (χ0n) is 15.9. The minimum Gasteiger partial charge on any atom is -0.507 e. The van der Waals surface area contributed by atoms with E-state index < -0.39 is 35.2 Å². The highest BCUT2D eigenvalue weighted by Gasteiger charge is 2.61. The first-order valence-corrected chi connectivity index (χ1v) is 9.97. The van der Waals surface area contributed by atoms with Crippen LogP contribution in [0.4, 0.5) is 0 Å². The van der Waals surface area contributed by atoms with Crippen LogP contribution in [0.2, 0.25) is 0 Å². The Hall–Kier alpha value is -2.51. The molecule has 7 nitrogen and oxygen atoms in total. The van der Waals surface area contributed by atoms with Gasteiger partial charge in [0.2, 0.25) is 5.91 Å². The van der Waals surface area contributed by atoms with E-state index in [2.05, 4.69) is 0 Å². The second-order valence-electron chi connectivity index (χ2n) is 7.30. The van der Waals surface area contributed by atoms with Crippen molar-refractivity contribution in [3.63, 3.8) is 0 Å². The topological polar surface area (TPSA) is 96.3 Å². The van der Waals surface area contributed by atoms with Gasteiger partial charge in [0.05, 0.1) is 25.2 Å². The third-order valence-electron chi connectivity index (χ3n) is 5.80. The SMILES string of the molecule is CCOC(=O)CN1C(=O)C(CO)(c2cc3c(cc2O)OCC3)C2C1=CC=CC2Cl. The molecule has 2 aliphatic heterocycles. The van der Waals surface area contributed by atoms with E-state index in [9.17, 15) is 19.8 Å². The molecule has 8 heteroatoms. The Kier molecular flexibility index (Phi) is 5.04. The summed E-state index contributed by atoms with van der Waals surface area (Å²) in [4.78, 5) is 27.1. The van der Waals surface area contributed by atoms with Gasteiger partial charge < -0.3 is 24.6 Å². The second kappa shape index (κ2) is 7.39. The average molecular weight is 420 g/mol. The number of hydrogen-bond acceptors (Lipinski definition) is 6. The Labute approximate surface area is 173 Å². The number of benzene rings is 1. The van der Waals surface area contributed by atoms with Crippen LogP contribution in [-0.4, -0.2) is 58.7 Å². The maximum atomic E-state index is 13.7. The first-order chi connectivity index (χ1) is 13.9. The van der Waals surface area contributed by atoms with Crippen molar-refractivity contribution in [1.29, 1.82) is 0 Å². The van der Waals surface area contributed by atoms with Gasteiger partial charge >= 0.3 is 5.97 Å². The largest absolute Gasteiger partial charge is 0.507 e. The summed E-state index contributed by atoms with van der Waals surface area (Å²) in [5, 5.41) is 20.6. The highest BCUT2D eigenvalue weighted by Crippen LogP contribution is 2.53. The molecule has 1 saturated heterocycles. The number of nitrogens with zero attached hydrogens (tertiary/aromatic N) is 1. The summed E-state index contributed by atoms with van der Waals surface area (Å²) in [7, 11) is 0. The van der Waals surface area contributed by atoms with Gasteiger partial charge in [0.25, 0.3) is 0 Å². The molecule has 1 amide bonds. The van der Waals surface area contributed by atoms with E-state index in [0.717, 1.165) is 5.56 Å². The standard InChI is InChI=1S/C21H22ClNO6/c1-2-28-18(26)10-23-15-5-3-4-14(22)19(15)21(11-24,20(23)27)13-8-12-6-7-29-17(12)9-16(13)25/h3-5,8-9,14,19,24-25H,2,6-7,10-11H2,1H3. The van der Waals surface area contributed by atoms with Crippen molar-refractivity contribution in [3.05, 3.63) is 47.2 Å². The molecule has 154 valence electrons. The van der Waals surface area contributed by atoms with E-state index in [-0.39, 0.29) is 24.5 Å². The Balaban J connectivity index is 1.86. The quantitative estimate of drug-likeness (QED) is 0.556. The summed E-state index contributed by atoms with van der Waals surface area (Å²) in [6.45, 7) is 1.51. The summed E-state index contributed by atoms with van der Waals surface area (Å²) >= 11 is 6.59. The van der Waals surface area contributed by atoms with Crippen LogP contribution in [-0.2, 0) is 26.2 Å². The lowest BCUT2D eigenvalue weighted by Crippen LogP contribution is -2.47. The molecule has 0 saturated carbocycles. The van der Waals surface area contributed by atoms with Crippen LogP contribution >= 0.6 is 11.6 Å². The number of carbonyl (C=O) groups excluding carboxylic acids is 2. The fourth-order valence-corrected chi connectivity index (χ4v) is 4.94. The van der Waals surface area contributed by atoms with Crippen molar-refractivity contribution < 1.29 is 29.3 Å². The molecule has 0 aromatic heterocycles. The molecule has 0 bridgehead atoms. The van der Waals surface area contributed by atoms with E-state index in [1.807, 2.05) is 0 Å². The molecule has 3 unspecified atom stereocenters. The number of ether oxygens (including phenoxy) is 2. The van der Waals surface area contributed by atoms with Crippen molar-refractivity contribution in [1.82, 2.24) is 4.90 Å². The van der Waals surface area contributed by atoms with Gasteiger partial charge in [-0.2, -0.15) is 0 Å². The molecule has 3 atom stereocenters. The molecule has 1 aliphatic carbocycles. The van der Waals surface area contributed by atoms with Crippen LogP contribution in [0, 0.1) is 5.92 Å². The van der Waals surface area contributed by atoms with Gasteiger partial charge in [-0.3, -0.25) is 9.59 Å². The fraction of sp³-hybridized carbons (Fsp3) is 0.429. The maximum absolute atomic E-state index is 13.7. The number of fused-ring (bicyclic) bond motifs is 2. The number of aliphatic hydroxyl groups is 1. The Morgan fingerprint density at radius 3 is 2.97 bits per heavy atom. The number of alkyl halides is 1. The lowest BCUT2D eigenvalue weighted by Gasteiger charge is -2.34. The normalized spacial score (nSPS) is 27.3. The molecule has 2 heterocycles. The lowest BCUT2D eigenvalue weighted by molar-refractivity contribution is -0.148. The van der Waals surface area contributed by atoms with Crippen LogP contribution in [0.25, 0.3) is 0 Å². The van der Waals surface area contributed by atoms with Crippen molar-refractivity contribution in [2.24, 2.45) is 5.92 Å². The van der Waals surface area contributed by atoms with Crippen molar-refractivity contribution in [2.45, 2.75) is 24.1 Å². The number of esters is 1. The van der Waals surface area contributed by atoms with Crippen molar-refractivity contribution in [3.8, 4) is 11.5 Å². The van der Waals surface area contributed by atoms with Crippen LogP contribution < -0.4 is 4.74 Å². The molecule has 2 N–H and O–H groups in total. The number of phenolic OH excluding ortho intramolecular Hbond substituents is 1. The fourth-order valence-electron chi connectivity index (χ4n) is 4.52. The zero-order chi connectivity index (χ0) is 20.8. The molecule has 4 rings (SSSR count). The van der Waals surface area contributed by atoms with Crippen molar-refractivity contribution in [2.75, 3.05) is 26.4 Å². The summed E-state index contributed by atoms with van der Waals surface area (Å²) in [5.41, 5.74) is 0.149. The number of likely N-dealkylation sites (tertiary alicyclic amines) is 1. The second-order valence-corrected chi connectivity index (χ2v) is 7.80. The average Bonchev–Trinajstić information content (AvgIpc) is 3.23. The third kappa shape index (κ3) is 2.91. The number of rotatable bonds is 5. The lowest BCUT2D eigenvalue weighted by atomic mass is 9.68. The number of phenols is 1. The molecular weight excluding hydrogens is 398 g/mol. The predicted octanol–water partition coefficient (Wildman–Crippen LogP) is 1.64. The van der Waals surface area contributed by atoms with Gasteiger partial charge in [0.1, 0.15) is 23.5 Å². The maximum Gasteiger partial charge on any atom is 0.326 e. The van der Waals surface area contributed by atoms with E-state index in [4.69, 9.17) is 21.1 Å². The van der Waals surface area contributed by atoms with Crippen molar-refractivity contribution >= 4 is 23.5 Å². The van der Waals surface area contributed by atoms with Gasteiger partial charge in [-0.25, -0.2) is 0 Å². The van der Waals surface area contributed by atoms with E-state index in [1.165, 1.54) is 11.0 Å². The molecule has 0 radical (unpaired) electrons. The van der Waals surface area contributed by atoms with Gasteiger partial charge in [-0.05, 0) is 24.6 Å². The monoisotopic (exact) mass is 419 g/mol. The Morgan fingerprint density at radius 2 is 2.24 bits per heavy atom.